The molecule has 0 atom stereocenters. The third kappa shape index (κ3) is 3.36. The first-order valence-electron chi connectivity index (χ1n) is 8.20. The van der Waals surface area contributed by atoms with Crippen molar-refractivity contribution in [3.8, 4) is 22.5 Å². The van der Waals surface area contributed by atoms with E-state index in [0.717, 1.165) is 33.9 Å². The van der Waals surface area contributed by atoms with Gasteiger partial charge in [-0.2, -0.15) is 0 Å². The van der Waals surface area contributed by atoms with Crippen molar-refractivity contribution in [2.45, 2.75) is 6.42 Å². The van der Waals surface area contributed by atoms with E-state index in [9.17, 15) is 0 Å². The molecule has 128 valence electrons. The molecule has 1 N–H and O–H groups in total. The van der Waals surface area contributed by atoms with E-state index in [-0.39, 0.29) is 0 Å². The summed E-state index contributed by atoms with van der Waals surface area (Å²) in [5.74, 6) is 0.862. The van der Waals surface area contributed by atoms with Crippen LogP contribution in [0.15, 0.2) is 73.1 Å². The van der Waals surface area contributed by atoms with Crippen molar-refractivity contribution < 1.29 is 0 Å². The first-order chi connectivity index (χ1) is 12.7. The lowest BCUT2D eigenvalue weighted by molar-refractivity contribution is 1.02. The SMILES string of the molecule is Clc1cccc(-c2nc(Cc3ccncc3)[nH]c2-c2ccccc2)c1Cl. The van der Waals surface area contributed by atoms with Gasteiger partial charge in [-0.05, 0) is 23.8 Å². The van der Waals surface area contributed by atoms with E-state index in [0.29, 0.717) is 16.5 Å². The summed E-state index contributed by atoms with van der Waals surface area (Å²) >= 11 is 12.7. The fourth-order valence-electron chi connectivity index (χ4n) is 2.90. The zero-order chi connectivity index (χ0) is 17.9. The zero-order valence-electron chi connectivity index (χ0n) is 13.8. The van der Waals surface area contributed by atoms with Crippen LogP contribution in [0.3, 0.4) is 0 Å². The molecule has 2 heterocycles. The van der Waals surface area contributed by atoms with Gasteiger partial charge in [-0.25, -0.2) is 4.98 Å². The molecule has 0 fully saturated rings. The Balaban J connectivity index is 1.85. The maximum absolute atomic E-state index is 6.46. The second-order valence-corrected chi connectivity index (χ2v) is 6.69. The predicted molar refractivity (Wildman–Crippen MR) is 107 cm³/mol. The molecular formula is C21H15Cl2N3. The molecule has 5 heteroatoms. The molecule has 2 aromatic carbocycles. The molecule has 0 radical (unpaired) electrons. The Morgan fingerprint density at radius 2 is 1.62 bits per heavy atom. The monoisotopic (exact) mass is 379 g/mol. The molecule has 4 aromatic rings. The van der Waals surface area contributed by atoms with Gasteiger partial charge in [0, 0.05) is 29.9 Å². The number of nitrogens with zero attached hydrogens (tertiary/aromatic N) is 2. The van der Waals surface area contributed by atoms with Crippen LogP contribution in [0.4, 0.5) is 0 Å². The van der Waals surface area contributed by atoms with E-state index in [2.05, 4.69) is 9.97 Å². The number of aromatic nitrogens is 3. The first-order valence-corrected chi connectivity index (χ1v) is 8.95. The van der Waals surface area contributed by atoms with E-state index in [1.807, 2.05) is 54.6 Å². The number of hydrogen-bond acceptors (Lipinski definition) is 2. The fourth-order valence-corrected chi connectivity index (χ4v) is 3.29. The number of benzene rings is 2. The summed E-state index contributed by atoms with van der Waals surface area (Å²) in [7, 11) is 0. The molecule has 0 aliphatic carbocycles. The van der Waals surface area contributed by atoms with Crippen LogP contribution < -0.4 is 0 Å². The number of aromatic amines is 1. The van der Waals surface area contributed by atoms with Crippen molar-refractivity contribution in [2.75, 3.05) is 0 Å². The van der Waals surface area contributed by atoms with E-state index in [4.69, 9.17) is 28.2 Å². The minimum absolute atomic E-state index is 0.508. The summed E-state index contributed by atoms with van der Waals surface area (Å²) in [5.41, 5.74) is 4.73. The van der Waals surface area contributed by atoms with Crippen LogP contribution in [-0.2, 0) is 6.42 Å². The van der Waals surface area contributed by atoms with Crippen LogP contribution in [0.2, 0.25) is 10.0 Å². The van der Waals surface area contributed by atoms with Crippen LogP contribution in [0.25, 0.3) is 22.5 Å². The summed E-state index contributed by atoms with van der Waals surface area (Å²) in [6.45, 7) is 0. The predicted octanol–water partition coefficient (Wildman–Crippen LogP) is 6.04. The quantitative estimate of drug-likeness (QED) is 0.469. The Labute approximate surface area is 161 Å². The number of nitrogens with one attached hydrogen (secondary N) is 1. The van der Waals surface area contributed by atoms with Gasteiger partial charge in [-0.3, -0.25) is 4.98 Å². The second kappa shape index (κ2) is 7.32. The highest BCUT2D eigenvalue weighted by Crippen LogP contribution is 2.37. The van der Waals surface area contributed by atoms with Gasteiger partial charge in [0.1, 0.15) is 5.82 Å². The van der Waals surface area contributed by atoms with E-state index >= 15 is 0 Å². The maximum atomic E-state index is 6.46. The van der Waals surface area contributed by atoms with Gasteiger partial charge in [0.2, 0.25) is 0 Å². The van der Waals surface area contributed by atoms with Crippen LogP contribution in [0, 0.1) is 0 Å². The average Bonchev–Trinajstić information content (AvgIpc) is 3.09. The smallest absolute Gasteiger partial charge is 0.111 e. The highest BCUT2D eigenvalue weighted by atomic mass is 35.5. The van der Waals surface area contributed by atoms with Crippen molar-refractivity contribution in [3.63, 3.8) is 0 Å². The molecule has 0 bridgehead atoms. The molecule has 0 saturated carbocycles. The lowest BCUT2D eigenvalue weighted by Gasteiger charge is -2.06. The molecule has 2 aromatic heterocycles. The third-order valence-corrected chi connectivity index (χ3v) is 4.96. The summed E-state index contributed by atoms with van der Waals surface area (Å²) in [6.07, 6.45) is 4.25. The van der Waals surface area contributed by atoms with Crippen LogP contribution in [0.5, 0.6) is 0 Å². The Hall–Kier alpha value is -2.62. The molecular weight excluding hydrogens is 365 g/mol. The van der Waals surface area contributed by atoms with Crippen LogP contribution in [0.1, 0.15) is 11.4 Å². The number of pyridine rings is 1. The van der Waals surface area contributed by atoms with E-state index in [1.54, 1.807) is 18.5 Å². The van der Waals surface area contributed by atoms with Gasteiger partial charge in [-0.1, -0.05) is 65.7 Å². The Morgan fingerprint density at radius 3 is 2.38 bits per heavy atom. The van der Waals surface area contributed by atoms with Crippen molar-refractivity contribution >= 4 is 23.2 Å². The molecule has 0 amide bonds. The maximum Gasteiger partial charge on any atom is 0.111 e. The van der Waals surface area contributed by atoms with Gasteiger partial charge in [-0.15, -0.1) is 0 Å². The largest absolute Gasteiger partial charge is 0.341 e. The van der Waals surface area contributed by atoms with Gasteiger partial charge < -0.3 is 4.98 Å². The molecule has 4 rings (SSSR count). The number of halogens is 2. The van der Waals surface area contributed by atoms with E-state index in [1.165, 1.54) is 0 Å². The number of imidazole rings is 1. The van der Waals surface area contributed by atoms with Crippen molar-refractivity contribution in [1.29, 1.82) is 0 Å². The molecule has 0 aliphatic heterocycles. The highest BCUT2D eigenvalue weighted by molar-refractivity contribution is 6.43. The van der Waals surface area contributed by atoms with Crippen molar-refractivity contribution in [2.24, 2.45) is 0 Å². The number of rotatable bonds is 4. The first kappa shape index (κ1) is 16.8. The number of hydrogen-bond donors (Lipinski definition) is 1. The lowest BCUT2D eigenvalue weighted by Crippen LogP contribution is -1.91. The zero-order valence-corrected chi connectivity index (χ0v) is 15.3. The summed E-state index contributed by atoms with van der Waals surface area (Å²) < 4.78 is 0. The fraction of sp³-hybridized carbons (Fsp3) is 0.0476. The Morgan fingerprint density at radius 1 is 0.846 bits per heavy atom. The molecule has 0 saturated heterocycles. The normalized spacial score (nSPS) is 10.8. The second-order valence-electron chi connectivity index (χ2n) is 5.91. The Kier molecular flexibility index (Phi) is 4.74. The summed E-state index contributed by atoms with van der Waals surface area (Å²) in [4.78, 5) is 12.4. The molecule has 26 heavy (non-hydrogen) atoms. The minimum atomic E-state index is 0.508. The summed E-state index contributed by atoms with van der Waals surface area (Å²) in [6, 6.07) is 19.7. The third-order valence-electron chi connectivity index (χ3n) is 4.14. The van der Waals surface area contributed by atoms with Gasteiger partial charge in [0.05, 0.1) is 21.4 Å². The van der Waals surface area contributed by atoms with Gasteiger partial charge in [0.25, 0.3) is 0 Å². The topological polar surface area (TPSA) is 41.6 Å². The molecule has 0 aliphatic rings. The minimum Gasteiger partial charge on any atom is -0.341 e. The van der Waals surface area contributed by atoms with Crippen LogP contribution >= 0.6 is 23.2 Å². The van der Waals surface area contributed by atoms with Gasteiger partial charge >= 0.3 is 0 Å². The highest BCUT2D eigenvalue weighted by Gasteiger charge is 2.17. The van der Waals surface area contributed by atoms with Crippen LogP contribution in [-0.4, -0.2) is 15.0 Å². The van der Waals surface area contributed by atoms with E-state index < -0.39 is 0 Å². The lowest BCUT2D eigenvalue weighted by atomic mass is 10.1. The Bertz CT molecular complexity index is 1030. The van der Waals surface area contributed by atoms with Gasteiger partial charge in [0.15, 0.2) is 0 Å². The van der Waals surface area contributed by atoms with Crippen molar-refractivity contribution in [3.05, 3.63) is 94.5 Å². The molecule has 3 nitrogen and oxygen atoms in total. The average molecular weight is 380 g/mol. The molecule has 0 spiro atoms. The molecule has 0 unspecified atom stereocenters. The summed E-state index contributed by atoms with van der Waals surface area (Å²) in [5, 5.41) is 1.02. The van der Waals surface area contributed by atoms with Crippen molar-refractivity contribution in [1.82, 2.24) is 15.0 Å². The number of H-pyrrole nitrogens is 1. The standard InChI is InChI=1S/C21H15Cl2N3/c22-17-8-4-7-16(19(17)23)21-20(15-5-2-1-3-6-15)25-18(26-21)13-14-9-11-24-12-10-14/h1-12H,13H2,(H,25,26).